The van der Waals surface area contributed by atoms with Crippen LogP contribution in [0.1, 0.15) is 24.1 Å². The first kappa shape index (κ1) is 15.5. The highest BCUT2D eigenvalue weighted by Gasteiger charge is 2.10. The molecule has 1 N–H and O–H groups in total. The average molecular weight is 307 g/mol. The highest BCUT2D eigenvalue weighted by Crippen LogP contribution is 2.22. The van der Waals surface area contributed by atoms with Gasteiger partial charge in [-0.25, -0.2) is 12.8 Å². The standard InChI is InChI=1S/C16H18FNO2S/c1-11-8-14(17)10-15(9-11)18-12(2)13-4-6-16(7-5-13)21(3,19)20/h4-10,12,18H,1-3H3. The van der Waals surface area contributed by atoms with E-state index in [-0.39, 0.29) is 11.9 Å². The molecule has 0 aliphatic rings. The first-order valence-corrected chi connectivity index (χ1v) is 8.48. The van der Waals surface area contributed by atoms with Gasteiger partial charge in [0.2, 0.25) is 0 Å². The molecule has 112 valence electrons. The third kappa shape index (κ3) is 4.04. The molecule has 3 nitrogen and oxygen atoms in total. The van der Waals surface area contributed by atoms with E-state index < -0.39 is 9.84 Å². The molecule has 1 unspecified atom stereocenters. The van der Waals surface area contributed by atoms with Gasteiger partial charge in [-0.3, -0.25) is 0 Å². The molecule has 0 radical (unpaired) electrons. The molecule has 0 amide bonds. The Balaban J connectivity index is 2.18. The van der Waals surface area contributed by atoms with Crippen molar-refractivity contribution in [3.8, 4) is 0 Å². The molecule has 0 aliphatic heterocycles. The van der Waals surface area contributed by atoms with Gasteiger partial charge in [-0.15, -0.1) is 0 Å². The maximum absolute atomic E-state index is 13.4. The minimum atomic E-state index is -3.19. The molecule has 0 aliphatic carbocycles. The summed E-state index contributed by atoms with van der Waals surface area (Å²) < 4.78 is 36.2. The number of sulfone groups is 1. The van der Waals surface area contributed by atoms with Gasteiger partial charge >= 0.3 is 0 Å². The van der Waals surface area contributed by atoms with E-state index in [0.29, 0.717) is 10.6 Å². The van der Waals surface area contributed by atoms with E-state index in [2.05, 4.69) is 5.32 Å². The zero-order valence-corrected chi connectivity index (χ0v) is 13.0. The van der Waals surface area contributed by atoms with Gasteiger partial charge in [0, 0.05) is 18.0 Å². The Labute approximate surface area is 124 Å². The van der Waals surface area contributed by atoms with Crippen LogP contribution >= 0.6 is 0 Å². The predicted octanol–water partition coefficient (Wildman–Crippen LogP) is 3.71. The van der Waals surface area contributed by atoms with Crippen LogP contribution in [0, 0.1) is 12.7 Å². The second-order valence-electron chi connectivity index (χ2n) is 5.22. The summed E-state index contributed by atoms with van der Waals surface area (Å²) in [5.41, 5.74) is 2.48. The van der Waals surface area contributed by atoms with Crippen molar-refractivity contribution in [1.82, 2.24) is 0 Å². The minimum Gasteiger partial charge on any atom is -0.378 e. The summed E-state index contributed by atoms with van der Waals surface area (Å²) in [7, 11) is -3.19. The van der Waals surface area contributed by atoms with E-state index >= 15 is 0 Å². The molecule has 0 heterocycles. The summed E-state index contributed by atoms with van der Waals surface area (Å²) in [6, 6.07) is 11.4. The Morgan fingerprint density at radius 3 is 2.24 bits per heavy atom. The van der Waals surface area contributed by atoms with Crippen LogP contribution in [0.3, 0.4) is 0 Å². The van der Waals surface area contributed by atoms with Crippen molar-refractivity contribution in [2.45, 2.75) is 24.8 Å². The fourth-order valence-corrected chi connectivity index (χ4v) is 2.79. The fraction of sp³-hybridized carbons (Fsp3) is 0.250. The third-order valence-electron chi connectivity index (χ3n) is 3.23. The zero-order chi connectivity index (χ0) is 15.6. The topological polar surface area (TPSA) is 46.2 Å². The van der Waals surface area contributed by atoms with Crippen molar-refractivity contribution in [3.05, 3.63) is 59.4 Å². The maximum Gasteiger partial charge on any atom is 0.175 e. The van der Waals surface area contributed by atoms with Gasteiger partial charge in [0.05, 0.1) is 4.90 Å². The van der Waals surface area contributed by atoms with Gasteiger partial charge in [-0.05, 0) is 55.3 Å². The summed E-state index contributed by atoms with van der Waals surface area (Å²) in [4.78, 5) is 0.292. The van der Waals surface area contributed by atoms with Gasteiger partial charge < -0.3 is 5.32 Å². The largest absolute Gasteiger partial charge is 0.378 e. The molecule has 0 fully saturated rings. The van der Waals surface area contributed by atoms with E-state index in [9.17, 15) is 12.8 Å². The number of hydrogen-bond donors (Lipinski definition) is 1. The van der Waals surface area contributed by atoms with Crippen LogP contribution in [0.25, 0.3) is 0 Å². The molecule has 0 spiro atoms. The highest BCUT2D eigenvalue weighted by molar-refractivity contribution is 7.90. The fourth-order valence-electron chi connectivity index (χ4n) is 2.16. The molecule has 2 rings (SSSR count). The van der Waals surface area contributed by atoms with Crippen molar-refractivity contribution in [1.29, 1.82) is 0 Å². The summed E-state index contributed by atoms with van der Waals surface area (Å²) in [6.07, 6.45) is 1.18. The molecule has 2 aromatic rings. The Kier molecular flexibility index (Phi) is 4.32. The SMILES string of the molecule is Cc1cc(F)cc(NC(C)c2ccc(S(C)(=O)=O)cc2)c1. The van der Waals surface area contributed by atoms with E-state index in [0.717, 1.165) is 11.1 Å². The van der Waals surface area contributed by atoms with Crippen LogP contribution in [-0.2, 0) is 9.84 Å². The second kappa shape index (κ2) is 5.85. The van der Waals surface area contributed by atoms with Gasteiger partial charge in [-0.2, -0.15) is 0 Å². The van der Waals surface area contributed by atoms with E-state index in [1.54, 1.807) is 24.3 Å². The third-order valence-corrected chi connectivity index (χ3v) is 4.36. The van der Waals surface area contributed by atoms with Crippen molar-refractivity contribution in [2.24, 2.45) is 0 Å². The lowest BCUT2D eigenvalue weighted by Crippen LogP contribution is -2.07. The minimum absolute atomic E-state index is 0.0557. The van der Waals surface area contributed by atoms with Crippen molar-refractivity contribution in [3.63, 3.8) is 0 Å². The van der Waals surface area contributed by atoms with Crippen LogP contribution in [-0.4, -0.2) is 14.7 Å². The Hall–Kier alpha value is -1.88. The summed E-state index contributed by atoms with van der Waals surface area (Å²) in [5, 5.41) is 3.21. The summed E-state index contributed by atoms with van der Waals surface area (Å²) in [6.45, 7) is 3.77. The highest BCUT2D eigenvalue weighted by atomic mass is 32.2. The second-order valence-corrected chi connectivity index (χ2v) is 7.24. The normalized spacial score (nSPS) is 13.0. The summed E-state index contributed by atoms with van der Waals surface area (Å²) in [5.74, 6) is -0.280. The van der Waals surface area contributed by atoms with Crippen LogP contribution in [0.15, 0.2) is 47.4 Å². The number of halogens is 1. The molecule has 5 heteroatoms. The van der Waals surface area contributed by atoms with Gasteiger partial charge in [0.25, 0.3) is 0 Å². The van der Waals surface area contributed by atoms with E-state index in [4.69, 9.17) is 0 Å². The Bertz CT molecular complexity index is 719. The molecular weight excluding hydrogens is 289 g/mol. The number of rotatable bonds is 4. The first-order valence-electron chi connectivity index (χ1n) is 6.59. The number of aryl methyl sites for hydroxylation is 1. The first-order chi connectivity index (χ1) is 9.75. The number of nitrogens with one attached hydrogen (secondary N) is 1. The molecular formula is C16H18FNO2S. The monoisotopic (exact) mass is 307 g/mol. The number of anilines is 1. The van der Waals surface area contributed by atoms with Crippen LogP contribution in [0.2, 0.25) is 0 Å². The molecule has 0 saturated heterocycles. The maximum atomic E-state index is 13.4. The van der Waals surface area contributed by atoms with Gasteiger partial charge in [-0.1, -0.05) is 12.1 Å². The quantitative estimate of drug-likeness (QED) is 0.936. The zero-order valence-electron chi connectivity index (χ0n) is 12.2. The van der Waals surface area contributed by atoms with Crippen LogP contribution in [0.5, 0.6) is 0 Å². The molecule has 0 aromatic heterocycles. The summed E-state index contributed by atoms with van der Waals surface area (Å²) >= 11 is 0. The van der Waals surface area contributed by atoms with Gasteiger partial charge in [0.15, 0.2) is 9.84 Å². The van der Waals surface area contributed by atoms with Crippen molar-refractivity contribution < 1.29 is 12.8 Å². The number of hydrogen-bond acceptors (Lipinski definition) is 3. The van der Waals surface area contributed by atoms with Gasteiger partial charge in [0.1, 0.15) is 5.82 Å². The Morgan fingerprint density at radius 2 is 1.71 bits per heavy atom. The van der Waals surface area contributed by atoms with Crippen LogP contribution < -0.4 is 5.32 Å². The van der Waals surface area contributed by atoms with Crippen LogP contribution in [0.4, 0.5) is 10.1 Å². The average Bonchev–Trinajstić information content (AvgIpc) is 2.36. The molecule has 0 bridgehead atoms. The van der Waals surface area contributed by atoms with E-state index in [1.165, 1.54) is 18.4 Å². The molecule has 0 saturated carbocycles. The number of benzene rings is 2. The predicted molar refractivity (Wildman–Crippen MR) is 82.7 cm³/mol. The van der Waals surface area contributed by atoms with Crippen molar-refractivity contribution in [2.75, 3.05) is 11.6 Å². The molecule has 21 heavy (non-hydrogen) atoms. The lowest BCUT2D eigenvalue weighted by Gasteiger charge is -2.16. The van der Waals surface area contributed by atoms with Crippen molar-refractivity contribution >= 4 is 15.5 Å². The lowest BCUT2D eigenvalue weighted by atomic mass is 10.1. The Morgan fingerprint density at radius 1 is 1.10 bits per heavy atom. The molecule has 1 atom stereocenters. The lowest BCUT2D eigenvalue weighted by molar-refractivity contribution is 0.601. The smallest absolute Gasteiger partial charge is 0.175 e. The molecule has 2 aromatic carbocycles. The van der Waals surface area contributed by atoms with E-state index in [1.807, 2.05) is 19.9 Å².